The number of rotatable bonds is 3. The van der Waals surface area contributed by atoms with Gasteiger partial charge in [-0.1, -0.05) is 65.0 Å². The normalized spacial score (nSPS) is 12.7. The van der Waals surface area contributed by atoms with Crippen LogP contribution >= 0.6 is 22.7 Å². The molecule has 0 aliphatic heterocycles. The van der Waals surface area contributed by atoms with Crippen LogP contribution in [0.25, 0.3) is 52.4 Å². The lowest BCUT2D eigenvalue weighted by atomic mass is 9.82. The molecule has 0 aliphatic carbocycles. The first-order valence-electron chi connectivity index (χ1n) is 12.3. The summed E-state index contributed by atoms with van der Waals surface area (Å²) in [5, 5.41) is 6.44. The number of aromatic nitrogens is 2. The number of nitrogens with zero attached hydrogens (tertiary/aromatic N) is 2. The van der Waals surface area contributed by atoms with Gasteiger partial charge < -0.3 is 0 Å². The smallest absolute Gasteiger partial charge is 0.128 e. The fourth-order valence-corrected chi connectivity index (χ4v) is 8.04. The fourth-order valence-electron chi connectivity index (χ4n) is 5.29. The van der Waals surface area contributed by atoms with Gasteiger partial charge in [0.1, 0.15) is 11.2 Å². The summed E-state index contributed by atoms with van der Waals surface area (Å²) in [6.45, 7) is 13.8. The van der Waals surface area contributed by atoms with E-state index in [1.807, 2.05) is 22.7 Å². The van der Waals surface area contributed by atoms with Crippen LogP contribution in [-0.2, 0) is 11.8 Å². The van der Waals surface area contributed by atoms with Gasteiger partial charge in [-0.05, 0) is 64.8 Å². The van der Waals surface area contributed by atoms with Gasteiger partial charge in [0.25, 0.3) is 0 Å². The van der Waals surface area contributed by atoms with Gasteiger partial charge >= 0.3 is 0 Å². The first-order valence-corrected chi connectivity index (χ1v) is 14.0. The zero-order valence-corrected chi connectivity index (χ0v) is 22.8. The van der Waals surface area contributed by atoms with Crippen LogP contribution in [0, 0.1) is 12.8 Å². The zero-order chi connectivity index (χ0) is 24.5. The van der Waals surface area contributed by atoms with Crippen LogP contribution in [0.2, 0.25) is 0 Å². The number of hydrogen-bond donors (Lipinski definition) is 0. The summed E-state index contributed by atoms with van der Waals surface area (Å²) in [6, 6.07) is 18.0. The van der Waals surface area contributed by atoms with Gasteiger partial charge in [-0.15, -0.1) is 22.7 Å². The molecule has 6 aromatic rings. The highest BCUT2D eigenvalue weighted by Gasteiger charge is 2.22. The van der Waals surface area contributed by atoms with Crippen molar-refractivity contribution in [3.8, 4) is 11.3 Å². The van der Waals surface area contributed by atoms with Crippen molar-refractivity contribution >= 4 is 63.8 Å². The predicted molar refractivity (Wildman–Crippen MR) is 155 cm³/mol. The van der Waals surface area contributed by atoms with Gasteiger partial charge in [0.05, 0.1) is 5.69 Å². The molecule has 0 aliphatic rings. The van der Waals surface area contributed by atoms with Crippen LogP contribution in [-0.4, -0.2) is 9.97 Å². The number of fused-ring (bicyclic) bond motifs is 6. The lowest BCUT2D eigenvalue weighted by Gasteiger charge is -2.22. The average molecular weight is 495 g/mol. The summed E-state index contributed by atoms with van der Waals surface area (Å²) < 4.78 is 2.73. The average Bonchev–Trinajstić information content (AvgIpc) is 3.34. The Kier molecular flexibility index (Phi) is 5.24. The van der Waals surface area contributed by atoms with Gasteiger partial charge in [-0.25, -0.2) is 9.97 Å². The Morgan fingerprint density at radius 2 is 1.69 bits per heavy atom. The molecule has 0 saturated carbocycles. The van der Waals surface area contributed by atoms with Gasteiger partial charge in [0.15, 0.2) is 0 Å². The van der Waals surface area contributed by atoms with Gasteiger partial charge in [-0.2, -0.15) is 0 Å². The Morgan fingerprint density at radius 1 is 0.886 bits per heavy atom. The third kappa shape index (κ3) is 3.66. The Hall–Kier alpha value is -2.82. The highest BCUT2D eigenvalue weighted by Crippen LogP contribution is 2.45. The summed E-state index contributed by atoms with van der Waals surface area (Å²) >= 11 is 3.77. The lowest BCUT2D eigenvalue weighted by molar-refractivity contribution is 0.596. The summed E-state index contributed by atoms with van der Waals surface area (Å²) in [5.41, 5.74) is 5.03. The van der Waals surface area contributed by atoms with E-state index in [1.165, 1.54) is 57.9 Å². The molecule has 4 heteroatoms. The summed E-state index contributed by atoms with van der Waals surface area (Å²) in [4.78, 5) is 12.2. The van der Waals surface area contributed by atoms with Crippen molar-refractivity contribution in [3.05, 3.63) is 70.9 Å². The molecule has 3 aromatic heterocycles. The van der Waals surface area contributed by atoms with Gasteiger partial charge in [-0.3, -0.25) is 0 Å². The Morgan fingerprint density at radius 3 is 2.46 bits per heavy atom. The molecule has 0 radical (unpaired) electrons. The molecule has 0 unspecified atom stereocenters. The molecule has 3 heterocycles. The van der Waals surface area contributed by atoms with Crippen LogP contribution in [0.4, 0.5) is 0 Å². The standard InChI is InChI=1S/C31H30N2S2/c1-17(2)13-25-18(3)26-24(34-25)12-11-22-27-28(32-16-33-30(27)35-29(22)26)20-14-19-9-7-8-10-21(19)23(15-20)31(4,5)6/h7-12,14-17H,13H2,1-6H3. The molecule has 6 rings (SSSR count). The predicted octanol–water partition coefficient (Wildman–Crippen LogP) is 9.68. The van der Waals surface area contributed by atoms with Crippen molar-refractivity contribution in [2.24, 2.45) is 5.92 Å². The van der Waals surface area contributed by atoms with Crippen LogP contribution in [0.1, 0.15) is 50.6 Å². The van der Waals surface area contributed by atoms with Crippen LogP contribution in [0.3, 0.4) is 0 Å². The highest BCUT2D eigenvalue weighted by atomic mass is 32.1. The molecule has 0 saturated heterocycles. The number of aryl methyl sites for hydroxylation is 1. The maximum atomic E-state index is 4.87. The minimum atomic E-state index is 0.0330. The molecule has 0 spiro atoms. The van der Waals surface area contributed by atoms with E-state index >= 15 is 0 Å². The molecule has 0 amide bonds. The molecule has 0 atom stereocenters. The summed E-state index contributed by atoms with van der Waals surface area (Å²) in [7, 11) is 0. The van der Waals surface area contributed by atoms with Crippen molar-refractivity contribution in [3.63, 3.8) is 0 Å². The summed E-state index contributed by atoms with van der Waals surface area (Å²) in [5.74, 6) is 0.655. The first kappa shape index (κ1) is 22.6. The molecule has 35 heavy (non-hydrogen) atoms. The maximum absolute atomic E-state index is 4.87. The minimum absolute atomic E-state index is 0.0330. The van der Waals surface area contributed by atoms with E-state index < -0.39 is 0 Å². The van der Waals surface area contributed by atoms with Crippen LogP contribution in [0.15, 0.2) is 54.9 Å². The van der Waals surface area contributed by atoms with E-state index in [1.54, 1.807) is 6.33 Å². The molecule has 0 bridgehead atoms. The quantitative estimate of drug-likeness (QED) is 0.245. The van der Waals surface area contributed by atoms with E-state index in [0.29, 0.717) is 5.92 Å². The third-order valence-corrected chi connectivity index (χ3v) is 9.37. The Balaban J connectivity index is 1.66. The monoisotopic (exact) mass is 494 g/mol. The summed E-state index contributed by atoms with van der Waals surface area (Å²) in [6.07, 6.45) is 2.87. The second-order valence-corrected chi connectivity index (χ2v) is 13.2. The molecular weight excluding hydrogens is 464 g/mol. The fraction of sp³-hybridized carbons (Fsp3) is 0.290. The van der Waals surface area contributed by atoms with Crippen molar-refractivity contribution in [2.75, 3.05) is 0 Å². The number of benzene rings is 3. The Bertz CT molecular complexity index is 1750. The second kappa shape index (κ2) is 8.11. The number of thiophene rings is 2. The van der Waals surface area contributed by atoms with Crippen LogP contribution < -0.4 is 0 Å². The first-order chi connectivity index (χ1) is 16.7. The SMILES string of the molecule is Cc1c(CC(C)C)sc2ccc3c(sc4ncnc(-c5cc(C(C)(C)C)c6ccccc6c5)c43)c12. The zero-order valence-electron chi connectivity index (χ0n) is 21.2. The van der Waals surface area contributed by atoms with E-state index in [9.17, 15) is 0 Å². The highest BCUT2D eigenvalue weighted by molar-refractivity contribution is 7.27. The van der Waals surface area contributed by atoms with E-state index in [-0.39, 0.29) is 5.41 Å². The van der Waals surface area contributed by atoms with Crippen LogP contribution in [0.5, 0.6) is 0 Å². The minimum Gasteiger partial charge on any atom is -0.236 e. The molecule has 0 N–H and O–H groups in total. The van der Waals surface area contributed by atoms with Crippen molar-refractivity contribution in [1.29, 1.82) is 0 Å². The van der Waals surface area contributed by atoms with Gasteiger partial charge in [0, 0.05) is 36.0 Å². The molecule has 2 nitrogen and oxygen atoms in total. The van der Waals surface area contributed by atoms with Gasteiger partial charge in [0.2, 0.25) is 0 Å². The van der Waals surface area contributed by atoms with E-state index in [0.717, 1.165) is 16.9 Å². The van der Waals surface area contributed by atoms with Crippen molar-refractivity contribution in [2.45, 2.75) is 53.4 Å². The topological polar surface area (TPSA) is 25.8 Å². The molecule has 0 fully saturated rings. The van der Waals surface area contributed by atoms with Crippen molar-refractivity contribution in [1.82, 2.24) is 9.97 Å². The molecular formula is C31H30N2S2. The lowest BCUT2D eigenvalue weighted by Crippen LogP contribution is -2.12. The Labute approximate surface area is 214 Å². The van der Waals surface area contributed by atoms with E-state index in [2.05, 4.69) is 90.1 Å². The van der Waals surface area contributed by atoms with Crippen molar-refractivity contribution < 1.29 is 0 Å². The molecule has 3 aromatic carbocycles. The largest absolute Gasteiger partial charge is 0.236 e. The second-order valence-electron chi connectivity index (χ2n) is 11.1. The molecule has 176 valence electrons. The van der Waals surface area contributed by atoms with E-state index in [4.69, 9.17) is 9.97 Å². The number of hydrogen-bond acceptors (Lipinski definition) is 4. The third-order valence-electron chi connectivity index (χ3n) is 6.96. The maximum Gasteiger partial charge on any atom is 0.128 e.